The van der Waals surface area contributed by atoms with Gasteiger partial charge in [0.15, 0.2) is 0 Å². The summed E-state index contributed by atoms with van der Waals surface area (Å²) in [5.41, 5.74) is 0. The van der Waals surface area contributed by atoms with E-state index in [0.717, 1.165) is 38.8 Å². The van der Waals surface area contributed by atoms with Gasteiger partial charge in [0.25, 0.3) is 0 Å². The van der Waals surface area contributed by atoms with E-state index in [4.69, 9.17) is 0 Å². The minimum atomic E-state index is -3.35. The fraction of sp³-hybridized carbons (Fsp3) is 0.786. The second-order valence-electron chi connectivity index (χ2n) is 5.87. The smallest absolute Gasteiger partial charge is 0.246 e. The number of hydrogen-bond donors (Lipinski definition) is 1. The Morgan fingerprint density at radius 3 is 2.67 bits per heavy atom. The van der Waals surface area contributed by atoms with Crippen molar-refractivity contribution in [1.29, 1.82) is 0 Å². The van der Waals surface area contributed by atoms with Crippen LogP contribution in [0.5, 0.6) is 0 Å². The molecule has 0 spiro atoms. The number of sulfonamides is 1. The van der Waals surface area contributed by atoms with Gasteiger partial charge in [0.2, 0.25) is 10.0 Å². The maximum atomic E-state index is 12.5. The largest absolute Gasteiger partial charge is 0.314 e. The summed E-state index contributed by atoms with van der Waals surface area (Å²) in [5.74, 6) is 0. The maximum absolute atomic E-state index is 12.5. The first kappa shape index (κ1) is 16.5. The van der Waals surface area contributed by atoms with Crippen LogP contribution in [0.1, 0.15) is 39.5 Å². The van der Waals surface area contributed by atoms with Crippen LogP contribution in [0.2, 0.25) is 0 Å². The van der Waals surface area contributed by atoms with Crippen molar-refractivity contribution in [2.75, 3.05) is 19.6 Å². The molecule has 21 heavy (non-hydrogen) atoms. The third kappa shape index (κ3) is 4.52. The molecule has 0 atom stereocenters. The zero-order valence-electron chi connectivity index (χ0n) is 13.0. The Hall–Kier alpha value is -0.920. The minimum Gasteiger partial charge on any atom is -0.314 e. The fourth-order valence-corrected chi connectivity index (χ4v) is 3.96. The van der Waals surface area contributed by atoms with Crippen LogP contribution in [0.25, 0.3) is 0 Å². The van der Waals surface area contributed by atoms with Crippen molar-refractivity contribution in [3.05, 3.63) is 12.4 Å². The predicted molar refractivity (Wildman–Crippen MR) is 82.6 cm³/mol. The number of aryl methyl sites for hydroxylation is 1. The molecule has 2 heterocycles. The molecule has 7 heteroatoms. The number of hydrogen-bond acceptors (Lipinski definition) is 4. The molecule has 0 radical (unpaired) electrons. The molecule has 1 aromatic rings. The first-order valence-electron chi connectivity index (χ1n) is 7.76. The van der Waals surface area contributed by atoms with Gasteiger partial charge in [-0.3, -0.25) is 4.68 Å². The van der Waals surface area contributed by atoms with Crippen LogP contribution in [-0.2, 0) is 16.6 Å². The topological polar surface area (TPSA) is 67.2 Å². The SMILES string of the molecule is CC(C)NCCCn1cc(S(=O)(=O)N2CCCCC2)cn1. The zero-order chi connectivity index (χ0) is 15.3. The number of rotatable bonds is 7. The molecule has 1 aliphatic rings. The minimum absolute atomic E-state index is 0.321. The lowest BCUT2D eigenvalue weighted by Crippen LogP contribution is -2.35. The summed E-state index contributed by atoms with van der Waals surface area (Å²) in [5, 5.41) is 7.51. The van der Waals surface area contributed by atoms with Crippen molar-refractivity contribution >= 4 is 10.0 Å². The Balaban J connectivity index is 1.92. The van der Waals surface area contributed by atoms with Gasteiger partial charge in [-0.2, -0.15) is 9.40 Å². The van der Waals surface area contributed by atoms with Crippen LogP contribution in [0.3, 0.4) is 0 Å². The highest BCUT2D eigenvalue weighted by Crippen LogP contribution is 2.19. The van der Waals surface area contributed by atoms with Crippen LogP contribution < -0.4 is 5.32 Å². The summed E-state index contributed by atoms with van der Waals surface area (Å²) in [4.78, 5) is 0.321. The lowest BCUT2D eigenvalue weighted by Gasteiger charge is -2.25. The number of piperidine rings is 1. The first-order valence-corrected chi connectivity index (χ1v) is 9.20. The van der Waals surface area contributed by atoms with Crippen molar-refractivity contribution in [3.63, 3.8) is 0 Å². The Kier molecular flexibility index (Phi) is 5.78. The van der Waals surface area contributed by atoms with E-state index >= 15 is 0 Å². The summed E-state index contributed by atoms with van der Waals surface area (Å²) in [6.45, 7) is 7.12. The van der Waals surface area contributed by atoms with Crippen molar-refractivity contribution in [2.45, 2.75) is 57.0 Å². The Morgan fingerprint density at radius 2 is 2.00 bits per heavy atom. The van der Waals surface area contributed by atoms with Gasteiger partial charge in [-0.25, -0.2) is 8.42 Å². The van der Waals surface area contributed by atoms with Crippen molar-refractivity contribution in [2.24, 2.45) is 0 Å². The highest BCUT2D eigenvalue weighted by Gasteiger charge is 2.27. The van der Waals surface area contributed by atoms with Crippen LogP contribution >= 0.6 is 0 Å². The van der Waals surface area contributed by atoms with Crippen LogP contribution in [0.15, 0.2) is 17.3 Å². The number of nitrogens with one attached hydrogen (secondary N) is 1. The van der Waals surface area contributed by atoms with E-state index in [1.54, 1.807) is 15.2 Å². The van der Waals surface area contributed by atoms with E-state index in [2.05, 4.69) is 24.3 Å². The molecule has 0 aromatic carbocycles. The monoisotopic (exact) mass is 314 g/mol. The molecule has 1 fully saturated rings. The van der Waals surface area contributed by atoms with E-state index < -0.39 is 10.0 Å². The number of aromatic nitrogens is 2. The van der Waals surface area contributed by atoms with Gasteiger partial charge in [0, 0.05) is 31.9 Å². The average molecular weight is 314 g/mol. The van der Waals surface area contributed by atoms with Gasteiger partial charge >= 0.3 is 0 Å². The Labute approximate surface area is 127 Å². The van der Waals surface area contributed by atoms with Gasteiger partial charge in [0.1, 0.15) is 4.90 Å². The fourth-order valence-electron chi connectivity index (χ4n) is 2.49. The third-order valence-corrected chi connectivity index (χ3v) is 5.53. The third-order valence-electron chi connectivity index (χ3n) is 3.68. The molecular weight excluding hydrogens is 288 g/mol. The summed E-state index contributed by atoms with van der Waals surface area (Å²) < 4.78 is 28.3. The summed E-state index contributed by atoms with van der Waals surface area (Å²) >= 11 is 0. The van der Waals surface area contributed by atoms with Crippen molar-refractivity contribution < 1.29 is 8.42 Å². The molecule has 0 unspecified atom stereocenters. The molecule has 120 valence electrons. The molecule has 0 bridgehead atoms. The molecule has 6 nitrogen and oxygen atoms in total. The molecule has 1 saturated heterocycles. The van der Waals surface area contributed by atoms with E-state index in [9.17, 15) is 8.42 Å². The molecule has 0 aliphatic carbocycles. The molecule has 2 rings (SSSR count). The van der Waals surface area contributed by atoms with Gasteiger partial charge in [-0.15, -0.1) is 0 Å². The van der Waals surface area contributed by atoms with Gasteiger partial charge in [-0.1, -0.05) is 20.3 Å². The van der Waals surface area contributed by atoms with Gasteiger partial charge in [-0.05, 0) is 25.8 Å². The number of nitrogens with zero attached hydrogens (tertiary/aromatic N) is 3. The molecule has 0 amide bonds. The van der Waals surface area contributed by atoms with E-state index in [-0.39, 0.29) is 0 Å². The Bertz CT molecular complexity index is 533. The van der Waals surface area contributed by atoms with Crippen LogP contribution in [-0.4, -0.2) is 48.2 Å². The lowest BCUT2D eigenvalue weighted by atomic mass is 10.2. The quantitative estimate of drug-likeness (QED) is 0.774. The lowest BCUT2D eigenvalue weighted by molar-refractivity contribution is 0.346. The highest BCUT2D eigenvalue weighted by atomic mass is 32.2. The predicted octanol–water partition coefficient (Wildman–Crippen LogP) is 1.45. The summed E-state index contributed by atoms with van der Waals surface area (Å²) in [6, 6.07) is 0.470. The zero-order valence-corrected chi connectivity index (χ0v) is 13.8. The van der Waals surface area contributed by atoms with Crippen LogP contribution in [0, 0.1) is 0 Å². The van der Waals surface area contributed by atoms with Crippen LogP contribution in [0.4, 0.5) is 0 Å². The average Bonchev–Trinajstić information content (AvgIpc) is 2.94. The van der Waals surface area contributed by atoms with E-state index in [0.29, 0.717) is 24.0 Å². The van der Waals surface area contributed by atoms with Gasteiger partial charge < -0.3 is 5.32 Å². The molecular formula is C14H26N4O2S. The standard InChI is InChI=1S/C14H26N4O2S/c1-13(2)15-7-6-8-17-12-14(11-16-17)21(19,20)18-9-4-3-5-10-18/h11-13,15H,3-10H2,1-2H3. The second-order valence-corrected chi connectivity index (χ2v) is 7.80. The second kappa shape index (κ2) is 7.38. The highest BCUT2D eigenvalue weighted by molar-refractivity contribution is 7.89. The Morgan fingerprint density at radius 1 is 1.29 bits per heavy atom. The normalized spacial score (nSPS) is 17.5. The van der Waals surface area contributed by atoms with Crippen molar-refractivity contribution in [1.82, 2.24) is 19.4 Å². The van der Waals surface area contributed by atoms with E-state index in [1.807, 2.05) is 0 Å². The summed E-state index contributed by atoms with van der Waals surface area (Å²) in [7, 11) is -3.35. The molecule has 0 saturated carbocycles. The molecule has 1 N–H and O–H groups in total. The maximum Gasteiger partial charge on any atom is 0.246 e. The van der Waals surface area contributed by atoms with E-state index in [1.165, 1.54) is 6.20 Å². The summed E-state index contributed by atoms with van der Waals surface area (Å²) in [6.07, 6.45) is 7.08. The van der Waals surface area contributed by atoms with Gasteiger partial charge in [0.05, 0.1) is 6.20 Å². The molecule has 1 aromatic heterocycles. The van der Waals surface area contributed by atoms with Crippen molar-refractivity contribution in [3.8, 4) is 0 Å². The first-order chi connectivity index (χ1) is 10.00. The molecule has 1 aliphatic heterocycles.